The molecule has 0 heterocycles. The first-order valence-corrected chi connectivity index (χ1v) is 8.67. The molecular weight excluding hydrogens is 254 g/mol. The number of nitrogens with two attached hydrogens (primary N) is 1. The predicted molar refractivity (Wildman–Crippen MR) is 86.9 cm³/mol. The summed E-state index contributed by atoms with van der Waals surface area (Å²) in [6.45, 7) is 3.06. The zero-order chi connectivity index (χ0) is 13.9. The van der Waals surface area contributed by atoms with E-state index in [4.69, 9.17) is 10.5 Å². The Morgan fingerprint density at radius 1 is 1.11 bits per heavy atom. The molecule has 0 aliphatic carbocycles. The first-order valence-electron chi connectivity index (χ1n) is 7.28. The molecule has 0 radical (unpaired) electrons. The fourth-order valence-electron chi connectivity index (χ4n) is 2.07. The van der Waals surface area contributed by atoms with Gasteiger partial charge in [-0.3, -0.25) is 0 Å². The third-order valence-electron chi connectivity index (χ3n) is 3.14. The number of unbranched alkanes of at least 4 members (excludes halogenated alkanes) is 5. The van der Waals surface area contributed by atoms with Gasteiger partial charge in [0.1, 0.15) is 5.75 Å². The predicted octanol–water partition coefficient (Wildman–Crippen LogP) is 4.87. The third kappa shape index (κ3) is 6.76. The maximum atomic E-state index is 5.88. The summed E-state index contributed by atoms with van der Waals surface area (Å²) in [5, 5.41) is 0. The molecule has 19 heavy (non-hydrogen) atoms. The van der Waals surface area contributed by atoms with E-state index >= 15 is 0 Å². The SMILES string of the molecule is CCCCCCCCOc1ccc(N)cc1CSC. The topological polar surface area (TPSA) is 35.2 Å². The lowest BCUT2D eigenvalue weighted by atomic mass is 10.1. The van der Waals surface area contributed by atoms with Crippen molar-refractivity contribution in [2.75, 3.05) is 18.6 Å². The lowest BCUT2D eigenvalue weighted by Crippen LogP contribution is -2.00. The monoisotopic (exact) mass is 281 g/mol. The van der Waals surface area contributed by atoms with Crippen LogP contribution in [0, 0.1) is 0 Å². The summed E-state index contributed by atoms with van der Waals surface area (Å²) in [4.78, 5) is 0. The highest BCUT2D eigenvalue weighted by Crippen LogP contribution is 2.25. The number of thioether (sulfide) groups is 1. The van der Waals surface area contributed by atoms with Gasteiger partial charge in [0.25, 0.3) is 0 Å². The van der Waals surface area contributed by atoms with E-state index in [1.807, 2.05) is 18.2 Å². The summed E-state index contributed by atoms with van der Waals surface area (Å²) in [6, 6.07) is 5.94. The van der Waals surface area contributed by atoms with Gasteiger partial charge in [0.15, 0.2) is 0 Å². The molecule has 0 bridgehead atoms. The molecule has 2 nitrogen and oxygen atoms in total. The highest BCUT2D eigenvalue weighted by atomic mass is 32.2. The van der Waals surface area contributed by atoms with Crippen LogP contribution in [0.2, 0.25) is 0 Å². The van der Waals surface area contributed by atoms with E-state index in [0.29, 0.717) is 0 Å². The second-order valence-corrected chi connectivity index (χ2v) is 5.78. The minimum Gasteiger partial charge on any atom is -0.493 e. The summed E-state index contributed by atoms with van der Waals surface area (Å²) >= 11 is 1.79. The Morgan fingerprint density at radius 2 is 1.84 bits per heavy atom. The molecule has 0 amide bonds. The molecule has 0 unspecified atom stereocenters. The van der Waals surface area contributed by atoms with Crippen molar-refractivity contribution in [3.8, 4) is 5.75 Å². The zero-order valence-corrected chi connectivity index (χ0v) is 13.1. The van der Waals surface area contributed by atoms with Crippen LogP contribution in [0.4, 0.5) is 5.69 Å². The van der Waals surface area contributed by atoms with Crippen LogP contribution >= 0.6 is 11.8 Å². The Hall–Kier alpha value is -0.830. The summed E-state index contributed by atoms with van der Waals surface area (Å²) in [7, 11) is 0. The van der Waals surface area contributed by atoms with Gasteiger partial charge in [-0.2, -0.15) is 11.8 Å². The Bertz CT molecular complexity index is 355. The van der Waals surface area contributed by atoms with Gasteiger partial charge in [0.2, 0.25) is 0 Å². The van der Waals surface area contributed by atoms with Crippen molar-refractivity contribution in [1.82, 2.24) is 0 Å². The Kier molecular flexibility index (Phi) is 8.55. The van der Waals surface area contributed by atoms with Crippen molar-refractivity contribution >= 4 is 17.4 Å². The second-order valence-electron chi connectivity index (χ2n) is 4.92. The second kappa shape index (κ2) is 10.0. The summed E-state index contributed by atoms with van der Waals surface area (Å²) < 4.78 is 5.88. The lowest BCUT2D eigenvalue weighted by Gasteiger charge is -2.11. The molecule has 1 rings (SSSR count). The molecule has 2 N–H and O–H groups in total. The van der Waals surface area contributed by atoms with Crippen molar-refractivity contribution in [2.24, 2.45) is 0 Å². The summed E-state index contributed by atoms with van der Waals surface area (Å²) in [5.41, 5.74) is 7.84. The van der Waals surface area contributed by atoms with Gasteiger partial charge in [0.05, 0.1) is 6.61 Å². The van der Waals surface area contributed by atoms with E-state index in [1.165, 1.54) is 37.7 Å². The van der Waals surface area contributed by atoms with Crippen LogP contribution in [0.3, 0.4) is 0 Å². The van der Waals surface area contributed by atoms with E-state index < -0.39 is 0 Å². The van der Waals surface area contributed by atoms with Gasteiger partial charge < -0.3 is 10.5 Å². The van der Waals surface area contributed by atoms with Crippen molar-refractivity contribution in [3.05, 3.63) is 23.8 Å². The average molecular weight is 281 g/mol. The maximum absolute atomic E-state index is 5.88. The number of anilines is 1. The van der Waals surface area contributed by atoms with Crippen molar-refractivity contribution in [2.45, 2.75) is 51.2 Å². The van der Waals surface area contributed by atoms with Gasteiger partial charge >= 0.3 is 0 Å². The number of nitrogen functional groups attached to an aromatic ring is 1. The molecule has 0 aromatic heterocycles. The van der Waals surface area contributed by atoms with E-state index in [2.05, 4.69) is 13.2 Å². The molecule has 0 aliphatic heterocycles. The Labute approximate surface area is 122 Å². The minimum absolute atomic E-state index is 0.816. The third-order valence-corrected chi connectivity index (χ3v) is 3.74. The average Bonchev–Trinajstić information content (AvgIpc) is 2.40. The highest BCUT2D eigenvalue weighted by Gasteiger charge is 2.03. The van der Waals surface area contributed by atoms with E-state index in [-0.39, 0.29) is 0 Å². The zero-order valence-electron chi connectivity index (χ0n) is 12.3. The number of rotatable bonds is 10. The first kappa shape index (κ1) is 16.2. The lowest BCUT2D eigenvalue weighted by molar-refractivity contribution is 0.302. The summed E-state index contributed by atoms with van der Waals surface area (Å²) in [5.74, 6) is 1.95. The highest BCUT2D eigenvalue weighted by molar-refractivity contribution is 7.97. The van der Waals surface area contributed by atoms with Crippen molar-refractivity contribution in [1.29, 1.82) is 0 Å². The van der Waals surface area contributed by atoms with Crippen LogP contribution in [-0.4, -0.2) is 12.9 Å². The van der Waals surface area contributed by atoms with Crippen LogP contribution in [0.15, 0.2) is 18.2 Å². The van der Waals surface area contributed by atoms with Gasteiger partial charge in [-0.15, -0.1) is 0 Å². The Morgan fingerprint density at radius 3 is 2.58 bits per heavy atom. The molecule has 1 aromatic rings. The first-order chi connectivity index (χ1) is 9.27. The smallest absolute Gasteiger partial charge is 0.123 e. The van der Waals surface area contributed by atoms with Crippen LogP contribution in [0.5, 0.6) is 5.75 Å². The quantitative estimate of drug-likeness (QED) is 0.491. The van der Waals surface area contributed by atoms with Crippen LogP contribution < -0.4 is 10.5 Å². The van der Waals surface area contributed by atoms with Crippen molar-refractivity contribution in [3.63, 3.8) is 0 Å². The van der Waals surface area contributed by atoms with Gasteiger partial charge in [-0.1, -0.05) is 39.0 Å². The van der Waals surface area contributed by atoms with E-state index in [9.17, 15) is 0 Å². The van der Waals surface area contributed by atoms with Gasteiger partial charge in [-0.25, -0.2) is 0 Å². The van der Waals surface area contributed by atoms with E-state index in [1.54, 1.807) is 11.8 Å². The van der Waals surface area contributed by atoms with Crippen molar-refractivity contribution < 1.29 is 4.74 Å². The largest absolute Gasteiger partial charge is 0.493 e. The molecule has 108 valence electrons. The normalized spacial score (nSPS) is 10.6. The van der Waals surface area contributed by atoms with Gasteiger partial charge in [0, 0.05) is 17.0 Å². The molecule has 0 saturated carbocycles. The molecule has 0 spiro atoms. The molecule has 0 fully saturated rings. The summed E-state index contributed by atoms with van der Waals surface area (Å²) in [6.07, 6.45) is 9.86. The number of ether oxygens (including phenoxy) is 1. The number of benzene rings is 1. The fourth-order valence-corrected chi connectivity index (χ4v) is 2.61. The molecule has 0 aliphatic rings. The van der Waals surface area contributed by atoms with Crippen LogP contribution in [-0.2, 0) is 5.75 Å². The maximum Gasteiger partial charge on any atom is 0.123 e. The molecule has 3 heteroatoms. The standard InChI is InChI=1S/C16H27NOS/c1-3-4-5-6-7-8-11-18-16-10-9-15(17)12-14(16)13-19-2/h9-10,12H,3-8,11,13,17H2,1-2H3. The van der Waals surface area contributed by atoms with E-state index in [0.717, 1.165) is 30.2 Å². The molecule has 0 atom stereocenters. The molecule has 0 saturated heterocycles. The number of hydrogen-bond donors (Lipinski definition) is 1. The molecule has 1 aromatic carbocycles. The Balaban J connectivity index is 2.28. The fraction of sp³-hybridized carbons (Fsp3) is 0.625. The van der Waals surface area contributed by atoms with Crippen LogP contribution in [0.25, 0.3) is 0 Å². The molecular formula is C16H27NOS. The number of hydrogen-bond acceptors (Lipinski definition) is 3. The van der Waals surface area contributed by atoms with Crippen LogP contribution in [0.1, 0.15) is 51.0 Å². The minimum atomic E-state index is 0.816. The van der Waals surface area contributed by atoms with Gasteiger partial charge in [-0.05, 0) is 30.9 Å².